The Hall–Kier alpha value is -3.47. The highest BCUT2D eigenvalue weighted by molar-refractivity contribution is 5.85. The molecule has 11 nitrogen and oxygen atoms in total. The number of aromatic amines is 1. The predicted molar refractivity (Wildman–Crippen MR) is 107 cm³/mol. The second kappa shape index (κ2) is 10.9. The number of carboxylic acid groups (broad SMARTS) is 1. The van der Waals surface area contributed by atoms with Gasteiger partial charge in [-0.05, 0) is 24.5 Å². The number of aromatic nitrogens is 1. The molecule has 0 fully saturated rings. The molecule has 0 unspecified atom stereocenters. The first-order valence-electron chi connectivity index (χ1n) is 9.39. The van der Waals surface area contributed by atoms with Crippen molar-refractivity contribution >= 4 is 28.6 Å². The van der Waals surface area contributed by atoms with E-state index in [2.05, 4.69) is 25.8 Å². The molecule has 1 aromatic carbocycles. The Morgan fingerprint density at radius 3 is 2.53 bits per heavy atom. The summed E-state index contributed by atoms with van der Waals surface area (Å²) in [6.07, 6.45) is 0.692. The minimum Gasteiger partial charge on any atom is -0.480 e. The topological polar surface area (TPSA) is 184 Å². The number of carbonyl (C=O) groups is 3. The number of fused-ring (bicyclic) bond motifs is 1. The molecule has 0 radical (unpaired) electrons. The van der Waals surface area contributed by atoms with Gasteiger partial charge in [0.1, 0.15) is 6.04 Å². The number of ketones is 1. The number of hydrogen-bond acceptors (Lipinski definition) is 8. The molecule has 2 rings (SSSR count). The van der Waals surface area contributed by atoms with Gasteiger partial charge in [-0.25, -0.2) is 11.1 Å². The van der Waals surface area contributed by atoms with E-state index in [0.717, 1.165) is 16.5 Å². The lowest BCUT2D eigenvalue weighted by Crippen LogP contribution is -2.47. The predicted octanol–water partition coefficient (Wildman–Crippen LogP) is 2.00. The summed E-state index contributed by atoms with van der Waals surface area (Å²) in [5, 5.41) is 22.0. The van der Waals surface area contributed by atoms with Crippen molar-refractivity contribution in [2.75, 3.05) is 6.54 Å². The number of benzene rings is 1. The number of carbonyl (C=O) groups excluding carboxylic acids is 2. The number of aliphatic carboxylic acids is 1. The molecule has 0 spiro atoms. The van der Waals surface area contributed by atoms with Gasteiger partial charge in [0.2, 0.25) is 12.1 Å². The maximum absolute atomic E-state index is 11.8. The number of amides is 1. The number of para-hydroxylation sites is 1. The number of carboxylic acids is 1. The molecule has 1 heterocycles. The summed E-state index contributed by atoms with van der Waals surface area (Å²) in [6, 6.07) is 6.35. The highest BCUT2D eigenvalue weighted by atomic mass is 16.4. The molecule has 0 aliphatic heterocycles. The minimum absolute atomic E-state index is 0.0460. The summed E-state index contributed by atoms with van der Waals surface area (Å²) >= 11 is 0. The number of rotatable bonds is 13. The molecule has 2 aromatic rings. The second-order valence-electron chi connectivity index (χ2n) is 6.90. The van der Waals surface area contributed by atoms with Gasteiger partial charge >= 0.3 is 5.97 Å². The lowest BCUT2D eigenvalue weighted by atomic mass is 10.0. The van der Waals surface area contributed by atoms with Gasteiger partial charge in [-0.1, -0.05) is 18.2 Å². The number of H-pyrrole nitrogens is 1. The molecule has 0 aliphatic rings. The number of nitrogens with one attached hydrogen (secondary N) is 5. The van der Waals surface area contributed by atoms with Crippen LogP contribution in [0.15, 0.2) is 40.7 Å². The Kier molecular flexibility index (Phi) is 8.29. The lowest BCUT2D eigenvalue weighted by molar-refractivity contribution is -0.139. The average Bonchev–Trinajstić information content (AvgIpc) is 3.11. The molecule has 0 saturated heterocycles. The van der Waals surface area contributed by atoms with E-state index in [9.17, 15) is 19.5 Å². The van der Waals surface area contributed by atoms with Crippen molar-refractivity contribution in [3.05, 3.63) is 36.0 Å². The zero-order valence-corrected chi connectivity index (χ0v) is 16.5. The van der Waals surface area contributed by atoms with Crippen LogP contribution in [0.5, 0.6) is 0 Å². The fraction of sp³-hybridized carbons (Fsp3) is 0.421. The molecule has 2 atom stereocenters. The smallest absolute Gasteiger partial charge is 0.320 e. The van der Waals surface area contributed by atoms with Gasteiger partial charge < -0.3 is 20.7 Å². The summed E-state index contributed by atoms with van der Waals surface area (Å²) in [7, 11) is 0. The van der Waals surface area contributed by atoms with E-state index in [1.54, 1.807) is 0 Å². The first kappa shape index (κ1) is 22.8. The molecule has 1 aromatic heterocycles. The summed E-state index contributed by atoms with van der Waals surface area (Å²) in [6.45, 7) is 1.57. The maximum Gasteiger partial charge on any atom is 0.320 e. The van der Waals surface area contributed by atoms with E-state index in [1.165, 1.54) is 6.92 Å². The minimum atomic E-state index is -1.42. The van der Waals surface area contributed by atoms with E-state index < -0.39 is 24.0 Å². The number of Topliss-reactive ketones (excluding diaryl/α,β-unsaturated/α-hetero) is 1. The van der Waals surface area contributed by atoms with Crippen molar-refractivity contribution in [3.8, 4) is 0 Å². The van der Waals surface area contributed by atoms with E-state index in [4.69, 9.17) is 11.1 Å². The van der Waals surface area contributed by atoms with Crippen LogP contribution in [-0.4, -0.2) is 52.5 Å². The van der Waals surface area contributed by atoms with Crippen molar-refractivity contribution in [2.24, 2.45) is 10.2 Å². The SMILES string of the molecule is CC(=O)N[C@H](CN[C@@H](CCC(=O)C(N=N)N=N)C(=O)O)Cc1c[nH]c2ccccc12. The van der Waals surface area contributed by atoms with Crippen LogP contribution in [0.4, 0.5) is 0 Å². The van der Waals surface area contributed by atoms with Crippen LogP contribution in [0.25, 0.3) is 10.9 Å². The standard InChI is InChI=1S/C19H25N7O4/c1-11(27)24-13(8-12-9-22-15-5-3-2-4-14(12)15)10-23-16(19(29)30)6-7-17(28)18(25-20)26-21/h2-5,9,13,16,18,20-23H,6-8,10H2,1H3,(H,24,27)(H,29,30)/t13-,16-,18?/m0/s1. The van der Waals surface area contributed by atoms with Crippen LogP contribution in [0.1, 0.15) is 25.3 Å². The van der Waals surface area contributed by atoms with Gasteiger partial charge in [0, 0.05) is 43.0 Å². The Balaban J connectivity index is 2.02. The molecule has 1 amide bonds. The van der Waals surface area contributed by atoms with Gasteiger partial charge in [-0.2, -0.15) is 10.2 Å². The van der Waals surface area contributed by atoms with E-state index in [-0.39, 0.29) is 31.3 Å². The lowest BCUT2D eigenvalue weighted by Gasteiger charge is -2.21. The third kappa shape index (κ3) is 6.27. The number of nitrogens with zero attached hydrogens (tertiary/aromatic N) is 2. The van der Waals surface area contributed by atoms with Gasteiger partial charge in [0.05, 0.1) is 0 Å². The highest BCUT2D eigenvalue weighted by Crippen LogP contribution is 2.19. The highest BCUT2D eigenvalue weighted by Gasteiger charge is 2.23. The van der Waals surface area contributed by atoms with Gasteiger partial charge in [-0.15, -0.1) is 0 Å². The molecule has 30 heavy (non-hydrogen) atoms. The molecule has 0 aliphatic carbocycles. The molecular weight excluding hydrogens is 390 g/mol. The van der Waals surface area contributed by atoms with Crippen LogP contribution in [0.2, 0.25) is 0 Å². The molecule has 6 N–H and O–H groups in total. The van der Waals surface area contributed by atoms with Crippen LogP contribution >= 0.6 is 0 Å². The Labute approximate surface area is 172 Å². The average molecular weight is 415 g/mol. The largest absolute Gasteiger partial charge is 0.480 e. The zero-order chi connectivity index (χ0) is 22.1. The maximum atomic E-state index is 11.8. The van der Waals surface area contributed by atoms with Crippen molar-refractivity contribution in [3.63, 3.8) is 0 Å². The van der Waals surface area contributed by atoms with Gasteiger partial charge in [0.25, 0.3) is 0 Å². The van der Waals surface area contributed by atoms with Crippen molar-refractivity contribution in [2.45, 2.75) is 44.4 Å². The van der Waals surface area contributed by atoms with E-state index in [1.807, 2.05) is 30.5 Å². The van der Waals surface area contributed by atoms with Gasteiger partial charge in [0.15, 0.2) is 5.78 Å². The summed E-state index contributed by atoms with van der Waals surface area (Å²) < 4.78 is 0. The Morgan fingerprint density at radius 2 is 1.90 bits per heavy atom. The van der Waals surface area contributed by atoms with Crippen LogP contribution in [0, 0.1) is 11.1 Å². The third-order valence-electron chi connectivity index (χ3n) is 4.67. The van der Waals surface area contributed by atoms with Crippen molar-refractivity contribution in [1.29, 1.82) is 11.1 Å². The molecule has 0 saturated carbocycles. The molecule has 0 bridgehead atoms. The van der Waals surface area contributed by atoms with Crippen molar-refractivity contribution in [1.82, 2.24) is 15.6 Å². The molecule has 160 valence electrons. The van der Waals surface area contributed by atoms with E-state index in [0.29, 0.717) is 6.42 Å². The van der Waals surface area contributed by atoms with Gasteiger partial charge in [-0.3, -0.25) is 14.4 Å². The molecular formula is C19H25N7O4. The summed E-state index contributed by atoms with van der Waals surface area (Å²) in [5.74, 6) is -1.97. The van der Waals surface area contributed by atoms with Crippen LogP contribution in [-0.2, 0) is 20.8 Å². The second-order valence-corrected chi connectivity index (χ2v) is 6.90. The quantitative estimate of drug-likeness (QED) is 0.273. The summed E-state index contributed by atoms with van der Waals surface area (Å²) in [4.78, 5) is 38.2. The molecule has 11 heteroatoms. The monoisotopic (exact) mass is 415 g/mol. The van der Waals surface area contributed by atoms with E-state index >= 15 is 0 Å². The fourth-order valence-corrected chi connectivity index (χ4v) is 3.21. The fourth-order valence-electron chi connectivity index (χ4n) is 3.21. The summed E-state index contributed by atoms with van der Waals surface area (Å²) in [5.41, 5.74) is 15.6. The van der Waals surface area contributed by atoms with Crippen LogP contribution in [0.3, 0.4) is 0 Å². The Morgan fingerprint density at radius 1 is 1.20 bits per heavy atom. The first-order valence-corrected chi connectivity index (χ1v) is 9.39. The first-order chi connectivity index (χ1) is 14.3. The Bertz CT molecular complexity index is 918. The third-order valence-corrected chi connectivity index (χ3v) is 4.67. The normalized spacial score (nSPS) is 13.9. The van der Waals surface area contributed by atoms with Crippen LogP contribution < -0.4 is 10.6 Å². The number of hydrogen-bond donors (Lipinski definition) is 6. The van der Waals surface area contributed by atoms with Crippen molar-refractivity contribution < 1.29 is 19.5 Å². The zero-order valence-electron chi connectivity index (χ0n) is 16.5.